The Bertz CT molecular complexity index is 767. The van der Waals surface area contributed by atoms with E-state index in [-0.39, 0.29) is 0 Å². The zero-order chi connectivity index (χ0) is 13.4. The van der Waals surface area contributed by atoms with E-state index in [0.717, 1.165) is 16.4 Å². The van der Waals surface area contributed by atoms with Gasteiger partial charge < -0.3 is 0 Å². The molecule has 0 amide bonds. The van der Waals surface area contributed by atoms with E-state index in [4.69, 9.17) is 4.98 Å². The minimum absolute atomic E-state index is 0.588. The second-order valence-electron chi connectivity index (χ2n) is 4.92. The third-order valence-electron chi connectivity index (χ3n) is 3.63. The Morgan fingerprint density at radius 2 is 1.90 bits per heavy atom. The second kappa shape index (κ2) is 5.26. The minimum atomic E-state index is 0.588. The molecule has 1 atom stereocenters. The number of pyridine rings is 2. The van der Waals surface area contributed by atoms with Gasteiger partial charge in [0.15, 0.2) is 0 Å². The molecule has 0 spiro atoms. The standard InChI is InChI=1S/C16H14N2S2/c1-2-11-3-4-12-8-13(14-10-19-6-7-20-14)9-18-16(12)15(11)17-5-1/h1-5,8-9,14H,6-7,10H2. The van der Waals surface area contributed by atoms with E-state index in [2.05, 4.69) is 41.0 Å². The summed E-state index contributed by atoms with van der Waals surface area (Å²) in [4.78, 5) is 9.18. The highest BCUT2D eigenvalue weighted by atomic mass is 32.2. The number of rotatable bonds is 1. The van der Waals surface area contributed by atoms with Gasteiger partial charge in [0.25, 0.3) is 0 Å². The first-order chi connectivity index (χ1) is 9.92. The maximum atomic E-state index is 4.70. The Balaban J connectivity index is 1.85. The second-order valence-corrected chi connectivity index (χ2v) is 7.38. The summed E-state index contributed by atoms with van der Waals surface area (Å²) in [5.74, 6) is 3.72. The van der Waals surface area contributed by atoms with E-state index in [1.807, 2.05) is 30.2 Å². The van der Waals surface area contributed by atoms with Crippen molar-refractivity contribution in [1.82, 2.24) is 9.97 Å². The van der Waals surface area contributed by atoms with Crippen molar-refractivity contribution in [2.75, 3.05) is 17.3 Å². The summed E-state index contributed by atoms with van der Waals surface area (Å²) in [5, 5.41) is 2.94. The zero-order valence-electron chi connectivity index (χ0n) is 11.0. The molecule has 1 saturated heterocycles. The molecule has 0 aliphatic carbocycles. The fourth-order valence-electron chi connectivity index (χ4n) is 2.61. The Kier molecular flexibility index (Phi) is 3.28. The molecular formula is C16H14N2S2. The van der Waals surface area contributed by atoms with Gasteiger partial charge in [0, 0.05) is 45.7 Å². The van der Waals surface area contributed by atoms with Gasteiger partial charge in [-0.2, -0.15) is 23.5 Å². The van der Waals surface area contributed by atoms with E-state index < -0.39 is 0 Å². The van der Waals surface area contributed by atoms with Crippen molar-refractivity contribution in [3.8, 4) is 0 Å². The first-order valence-electron chi connectivity index (χ1n) is 6.74. The number of aromatic nitrogens is 2. The lowest BCUT2D eigenvalue weighted by atomic mass is 10.1. The van der Waals surface area contributed by atoms with E-state index >= 15 is 0 Å². The molecule has 3 heterocycles. The van der Waals surface area contributed by atoms with Crippen LogP contribution in [0.4, 0.5) is 0 Å². The first kappa shape index (κ1) is 12.5. The van der Waals surface area contributed by atoms with Crippen LogP contribution in [0.2, 0.25) is 0 Å². The summed E-state index contributed by atoms with van der Waals surface area (Å²) in [5.41, 5.74) is 3.37. The molecule has 1 aliphatic heterocycles. The monoisotopic (exact) mass is 298 g/mol. The van der Waals surface area contributed by atoms with Gasteiger partial charge in [0.2, 0.25) is 0 Å². The predicted octanol–water partition coefficient (Wildman–Crippen LogP) is 4.30. The lowest BCUT2D eigenvalue weighted by molar-refractivity contribution is 1.09. The van der Waals surface area contributed by atoms with Gasteiger partial charge in [-0.3, -0.25) is 9.97 Å². The van der Waals surface area contributed by atoms with Gasteiger partial charge in [0.1, 0.15) is 0 Å². The van der Waals surface area contributed by atoms with Gasteiger partial charge >= 0.3 is 0 Å². The number of hydrogen-bond donors (Lipinski definition) is 0. The largest absolute Gasteiger partial charge is 0.254 e. The Morgan fingerprint density at radius 3 is 2.80 bits per heavy atom. The highest BCUT2D eigenvalue weighted by molar-refractivity contribution is 8.06. The molecule has 2 aromatic heterocycles. The fraction of sp³-hybridized carbons (Fsp3) is 0.250. The molecular weight excluding hydrogens is 284 g/mol. The summed E-state index contributed by atoms with van der Waals surface area (Å²) in [6, 6.07) is 10.7. The number of thioether (sulfide) groups is 2. The average molecular weight is 298 g/mol. The van der Waals surface area contributed by atoms with Crippen LogP contribution < -0.4 is 0 Å². The Hall–Kier alpha value is -1.26. The Labute approximate surface area is 126 Å². The van der Waals surface area contributed by atoms with Crippen molar-refractivity contribution < 1.29 is 0 Å². The molecule has 20 heavy (non-hydrogen) atoms. The van der Waals surface area contributed by atoms with Crippen LogP contribution in [-0.4, -0.2) is 27.2 Å². The maximum Gasteiger partial charge on any atom is 0.0964 e. The first-order valence-corrected chi connectivity index (χ1v) is 8.95. The number of fused-ring (bicyclic) bond motifs is 3. The maximum absolute atomic E-state index is 4.70. The quantitative estimate of drug-likeness (QED) is 0.625. The molecule has 1 unspecified atom stereocenters. The molecule has 1 aromatic carbocycles. The van der Waals surface area contributed by atoms with E-state index in [9.17, 15) is 0 Å². The van der Waals surface area contributed by atoms with Crippen LogP contribution in [-0.2, 0) is 0 Å². The molecule has 0 saturated carbocycles. The summed E-state index contributed by atoms with van der Waals surface area (Å²) in [7, 11) is 0. The molecule has 0 N–H and O–H groups in total. The zero-order valence-corrected chi connectivity index (χ0v) is 12.6. The van der Waals surface area contributed by atoms with Crippen LogP contribution in [0.1, 0.15) is 10.8 Å². The third kappa shape index (κ3) is 2.17. The van der Waals surface area contributed by atoms with E-state index in [1.165, 1.54) is 28.2 Å². The topological polar surface area (TPSA) is 25.8 Å². The lowest BCUT2D eigenvalue weighted by Crippen LogP contribution is -2.06. The highest BCUT2D eigenvalue weighted by Crippen LogP contribution is 2.37. The lowest BCUT2D eigenvalue weighted by Gasteiger charge is -2.21. The third-order valence-corrected chi connectivity index (χ3v) is 6.44. The van der Waals surface area contributed by atoms with Gasteiger partial charge in [-0.15, -0.1) is 0 Å². The summed E-state index contributed by atoms with van der Waals surface area (Å²) >= 11 is 4.10. The molecule has 4 heteroatoms. The number of nitrogens with zero attached hydrogens (tertiary/aromatic N) is 2. The van der Waals surface area contributed by atoms with Crippen LogP contribution in [0.15, 0.2) is 42.7 Å². The van der Waals surface area contributed by atoms with Crippen molar-refractivity contribution in [1.29, 1.82) is 0 Å². The highest BCUT2D eigenvalue weighted by Gasteiger charge is 2.17. The van der Waals surface area contributed by atoms with Crippen molar-refractivity contribution in [3.63, 3.8) is 0 Å². The van der Waals surface area contributed by atoms with Crippen LogP contribution >= 0.6 is 23.5 Å². The molecule has 0 bridgehead atoms. The number of hydrogen-bond acceptors (Lipinski definition) is 4. The van der Waals surface area contributed by atoms with Crippen molar-refractivity contribution >= 4 is 45.3 Å². The van der Waals surface area contributed by atoms with Crippen molar-refractivity contribution in [3.05, 3.63) is 48.3 Å². The normalized spacial score (nSPS) is 19.5. The van der Waals surface area contributed by atoms with E-state index in [1.54, 1.807) is 0 Å². The Morgan fingerprint density at radius 1 is 1.00 bits per heavy atom. The average Bonchev–Trinajstić information content (AvgIpc) is 2.55. The summed E-state index contributed by atoms with van der Waals surface area (Å²) in [6.45, 7) is 0. The molecule has 100 valence electrons. The SMILES string of the molecule is c1cnc2c(c1)ccc1cc(C3CSCCS3)cnc12. The molecule has 1 fully saturated rings. The van der Waals surface area contributed by atoms with Gasteiger partial charge in [0.05, 0.1) is 11.0 Å². The van der Waals surface area contributed by atoms with Gasteiger partial charge in [-0.1, -0.05) is 18.2 Å². The minimum Gasteiger partial charge on any atom is -0.254 e. The van der Waals surface area contributed by atoms with E-state index in [0.29, 0.717) is 5.25 Å². The van der Waals surface area contributed by atoms with Crippen LogP contribution in [0.3, 0.4) is 0 Å². The summed E-state index contributed by atoms with van der Waals surface area (Å²) in [6.07, 6.45) is 3.88. The van der Waals surface area contributed by atoms with Crippen molar-refractivity contribution in [2.45, 2.75) is 5.25 Å². The van der Waals surface area contributed by atoms with Crippen molar-refractivity contribution in [2.24, 2.45) is 0 Å². The molecule has 0 radical (unpaired) electrons. The predicted molar refractivity (Wildman–Crippen MR) is 89.6 cm³/mol. The molecule has 2 nitrogen and oxygen atoms in total. The van der Waals surface area contributed by atoms with Gasteiger partial charge in [-0.25, -0.2) is 0 Å². The molecule has 3 aromatic rings. The summed E-state index contributed by atoms with van der Waals surface area (Å²) < 4.78 is 0. The molecule has 4 rings (SSSR count). The van der Waals surface area contributed by atoms with Gasteiger partial charge in [-0.05, 0) is 17.7 Å². The fourth-order valence-corrected chi connectivity index (χ4v) is 5.32. The van der Waals surface area contributed by atoms with Crippen LogP contribution in [0.25, 0.3) is 21.8 Å². The smallest absolute Gasteiger partial charge is 0.0964 e. The van der Waals surface area contributed by atoms with Crippen LogP contribution in [0.5, 0.6) is 0 Å². The molecule has 1 aliphatic rings. The number of benzene rings is 1. The van der Waals surface area contributed by atoms with Crippen LogP contribution in [0, 0.1) is 0 Å².